The van der Waals surface area contributed by atoms with E-state index < -0.39 is 0 Å². The van der Waals surface area contributed by atoms with Crippen LogP contribution >= 0.6 is 23.4 Å². The Morgan fingerprint density at radius 2 is 1.75 bits per heavy atom. The molecule has 1 atom stereocenters. The molecule has 0 radical (unpaired) electrons. The number of rotatable bonds is 6. The monoisotopic (exact) mass is 373 g/mol. The first-order valence-electron chi connectivity index (χ1n) is 9.89. The van der Waals surface area contributed by atoms with Crippen molar-refractivity contribution in [3.63, 3.8) is 0 Å². The van der Waals surface area contributed by atoms with Crippen LogP contribution in [0.4, 0.5) is 0 Å². The first-order chi connectivity index (χ1) is 11.7. The van der Waals surface area contributed by atoms with Gasteiger partial charge < -0.3 is 9.64 Å². The Morgan fingerprint density at radius 1 is 1.00 bits per heavy atom. The maximum Gasteiger partial charge on any atom is 0.248 e. The number of amides is 1. The summed E-state index contributed by atoms with van der Waals surface area (Å²) in [5.74, 6) is 1.48. The fourth-order valence-corrected chi connectivity index (χ4v) is 5.83. The van der Waals surface area contributed by atoms with Gasteiger partial charge in [-0.15, -0.1) is 11.6 Å². The smallest absolute Gasteiger partial charge is 0.248 e. The van der Waals surface area contributed by atoms with Gasteiger partial charge in [0.2, 0.25) is 5.91 Å². The highest BCUT2D eigenvalue weighted by Crippen LogP contribution is 2.30. The predicted octanol–water partition coefficient (Wildman–Crippen LogP) is 4.61. The molecule has 0 aromatic rings. The molecular weight excluding hydrogens is 342 g/mol. The summed E-state index contributed by atoms with van der Waals surface area (Å²) in [4.78, 5) is 15.1. The molecule has 3 rings (SSSR count). The van der Waals surface area contributed by atoms with Crippen molar-refractivity contribution < 1.29 is 9.53 Å². The summed E-state index contributed by atoms with van der Waals surface area (Å²) in [5, 5.41) is 0.946. The van der Waals surface area contributed by atoms with Crippen molar-refractivity contribution in [2.75, 3.05) is 18.9 Å². The molecule has 1 saturated heterocycles. The van der Waals surface area contributed by atoms with Crippen LogP contribution in [0.15, 0.2) is 0 Å². The Balaban J connectivity index is 1.51. The van der Waals surface area contributed by atoms with Gasteiger partial charge in [0.15, 0.2) is 0 Å². The molecule has 2 aliphatic carbocycles. The summed E-state index contributed by atoms with van der Waals surface area (Å²) in [6.45, 7) is 1.21. The summed E-state index contributed by atoms with van der Waals surface area (Å²) in [5.41, 5.74) is 0. The second-order valence-corrected chi connectivity index (χ2v) is 9.68. The van der Waals surface area contributed by atoms with Gasteiger partial charge in [-0.2, -0.15) is 11.8 Å². The normalized spacial score (nSPS) is 32.0. The molecule has 5 heteroatoms. The van der Waals surface area contributed by atoms with Crippen LogP contribution in [0.3, 0.4) is 0 Å². The number of hydrogen-bond acceptors (Lipinski definition) is 3. The van der Waals surface area contributed by atoms with Gasteiger partial charge in [-0.3, -0.25) is 4.79 Å². The second kappa shape index (κ2) is 9.68. The molecule has 3 aliphatic rings. The Kier molecular flexibility index (Phi) is 7.60. The molecule has 1 amide bonds. The zero-order chi connectivity index (χ0) is 16.8. The standard InChI is InChI=1S/C19H32ClNO2S/c20-15-8-10-17(11-9-15)23-14-19(22)21(13-18-7-4-12-24-18)16-5-2-1-3-6-16/h15-18H,1-14H2. The lowest BCUT2D eigenvalue weighted by Crippen LogP contribution is -2.46. The average Bonchev–Trinajstić information content (AvgIpc) is 3.13. The number of nitrogens with zero attached hydrogens (tertiary/aromatic N) is 1. The zero-order valence-corrected chi connectivity index (χ0v) is 16.3. The van der Waals surface area contributed by atoms with Gasteiger partial charge in [-0.25, -0.2) is 0 Å². The van der Waals surface area contributed by atoms with E-state index in [-0.39, 0.29) is 18.6 Å². The molecular formula is C19H32ClNO2S. The molecule has 1 unspecified atom stereocenters. The van der Waals surface area contributed by atoms with Crippen LogP contribution in [-0.4, -0.2) is 52.5 Å². The lowest BCUT2D eigenvalue weighted by atomic mass is 9.94. The van der Waals surface area contributed by atoms with E-state index in [0.29, 0.717) is 16.7 Å². The van der Waals surface area contributed by atoms with E-state index in [1.54, 1.807) is 0 Å². The molecule has 1 heterocycles. The molecule has 0 spiro atoms. The topological polar surface area (TPSA) is 29.5 Å². The summed E-state index contributed by atoms with van der Waals surface area (Å²) in [6, 6.07) is 0.453. The van der Waals surface area contributed by atoms with Crippen LogP contribution in [0.1, 0.15) is 70.6 Å². The van der Waals surface area contributed by atoms with Crippen LogP contribution in [0.25, 0.3) is 0 Å². The lowest BCUT2D eigenvalue weighted by molar-refractivity contribution is -0.141. The third-order valence-corrected chi connectivity index (χ3v) is 7.62. The third kappa shape index (κ3) is 5.54. The van der Waals surface area contributed by atoms with Crippen LogP contribution in [0, 0.1) is 0 Å². The number of carbonyl (C=O) groups excluding carboxylic acids is 1. The number of alkyl halides is 1. The first-order valence-corrected chi connectivity index (χ1v) is 11.4. The Bertz CT molecular complexity index is 389. The molecule has 0 bridgehead atoms. The fraction of sp³-hybridized carbons (Fsp3) is 0.947. The van der Waals surface area contributed by atoms with Gasteiger partial charge >= 0.3 is 0 Å². The highest BCUT2D eigenvalue weighted by atomic mass is 35.5. The summed E-state index contributed by atoms with van der Waals surface area (Å²) >= 11 is 8.21. The van der Waals surface area contributed by atoms with E-state index in [0.717, 1.165) is 32.2 Å². The van der Waals surface area contributed by atoms with E-state index in [9.17, 15) is 4.79 Å². The summed E-state index contributed by atoms with van der Waals surface area (Å²) in [6.07, 6.45) is 13.1. The van der Waals surface area contributed by atoms with Crippen molar-refractivity contribution in [1.29, 1.82) is 0 Å². The largest absolute Gasteiger partial charge is 0.368 e. The maximum atomic E-state index is 12.9. The minimum atomic E-state index is 0.224. The number of carbonyl (C=O) groups is 1. The number of ether oxygens (including phenoxy) is 1. The van der Waals surface area contributed by atoms with Crippen molar-refractivity contribution in [3.8, 4) is 0 Å². The summed E-state index contributed by atoms with van der Waals surface area (Å²) < 4.78 is 5.97. The average molecular weight is 374 g/mol. The highest BCUT2D eigenvalue weighted by Gasteiger charge is 2.30. The van der Waals surface area contributed by atoms with Crippen molar-refractivity contribution >= 4 is 29.3 Å². The molecule has 3 nitrogen and oxygen atoms in total. The van der Waals surface area contributed by atoms with E-state index in [1.807, 2.05) is 11.8 Å². The van der Waals surface area contributed by atoms with Crippen molar-refractivity contribution in [2.24, 2.45) is 0 Å². The minimum absolute atomic E-state index is 0.224. The molecule has 138 valence electrons. The van der Waals surface area contributed by atoms with Gasteiger partial charge in [0, 0.05) is 23.2 Å². The van der Waals surface area contributed by atoms with E-state index >= 15 is 0 Å². The van der Waals surface area contributed by atoms with Crippen LogP contribution < -0.4 is 0 Å². The quantitative estimate of drug-likeness (QED) is 0.636. The van der Waals surface area contributed by atoms with Gasteiger partial charge in [0.1, 0.15) is 6.61 Å². The number of halogens is 1. The second-order valence-electron chi connectivity index (χ2n) is 7.66. The molecule has 0 aromatic carbocycles. The summed E-state index contributed by atoms with van der Waals surface area (Å²) in [7, 11) is 0. The van der Waals surface area contributed by atoms with Crippen LogP contribution in [-0.2, 0) is 9.53 Å². The SMILES string of the molecule is O=C(COC1CCC(Cl)CC1)N(CC1CCCS1)C1CCCCC1. The molecule has 0 aromatic heterocycles. The first kappa shape index (κ1) is 18.8. The predicted molar refractivity (Wildman–Crippen MR) is 102 cm³/mol. The Labute approximate surface area is 156 Å². The van der Waals surface area contributed by atoms with Gasteiger partial charge in [0.25, 0.3) is 0 Å². The molecule has 24 heavy (non-hydrogen) atoms. The van der Waals surface area contributed by atoms with Gasteiger partial charge in [-0.05, 0) is 57.1 Å². The van der Waals surface area contributed by atoms with Crippen molar-refractivity contribution in [2.45, 2.75) is 93.4 Å². The number of hydrogen-bond donors (Lipinski definition) is 0. The molecule has 0 N–H and O–H groups in total. The third-order valence-electron chi connectivity index (χ3n) is 5.81. The van der Waals surface area contributed by atoms with Crippen LogP contribution in [0.5, 0.6) is 0 Å². The molecule has 2 saturated carbocycles. The minimum Gasteiger partial charge on any atom is -0.368 e. The molecule has 3 fully saturated rings. The van der Waals surface area contributed by atoms with E-state index in [4.69, 9.17) is 16.3 Å². The van der Waals surface area contributed by atoms with Gasteiger partial charge in [0.05, 0.1) is 6.10 Å². The van der Waals surface area contributed by atoms with Gasteiger partial charge in [-0.1, -0.05) is 19.3 Å². The van der Waals surface area contributed by atoms with E-state index in [1.165, 1.54) is 50.7 Å². The van der Waals surface area contributed by atoms with E-state index in [2.05, 4.69) is 4.90 Å². The Morgan fingerprint density at radius 3 is 2.42 bits per heavy atom. The highest BCUT2D eigenvalue weighted by molar-refractivity contribution is 8.00. The zero-order valence-electron chi connectivity index (χ0n) is 14.8. The maximum absolute atomic E-state index is 12.9. The van der Waals surface area contributed by atoms with Crippen molar-refractivity contribution in [3.05, 3.63) is 0 Å². The fourth-order valence-electron chi connectivity index (χ4n) is 4.32. The molecule has 1 aliphatic heterocycles. The number of thioether (sulfide) groups is 1. The van der Waals surface area contributed by atoms with Crippen molar-refractivity contribution in [1.82, 2.24) is 4.90 Å². The lowest BCUT2D eigenvalue weighted by Gasteiger charge is -2.36. The van der Waals surface area contributed by atoms with Crippen LogP contribution in [0.2, 0.25) is 0 Å². The Hall–Kier alpha value is 0.0700.